The van der Waals surface area contributed by atoms with E-state index >= 15 is 0 Å². The molecule has 0 spiro atoms. The molecule has 1 atom stereocenters. The zero-order valence-corrected chi connectivity index (χ0v) is 19.2. The third kappa shape index (κ3) is 6.71. The fourth-order valence-electron chi connectivity index (χ4n) is 3.99. The topological polar surface area (TPSA) is 55.8 Å². The first kappa shape index (κ1) is 24.1. The van der Waals surface area contributed by atoms with Crippen LogP contribution < -0.4 is 10.6 Å². The second-order valence-electron chi connectivity index (χ2n) is 8.35. The summed E-state index contributed by atoms with van der Waals surface area (Å²) in [6.07, 6.45) is 3.82. The maximum atomic E-state index is 14.3. The number of likely N-dealkylation sites (tertiary alicyclic amines) is 1. The minimum atomic E-state index is -0.544. The summed E-state index contributed by atoms with van der Waals surface area (Å²) in [6.45, 7) is 5.79. The number of guanidine groups is 1. The van der Waals surface area contributed by atoms with Gasteiger partial charge in [-0.2, -0.15) is 0 Å². The Morgan fingerprint density at radius 3 is 2.47 bits per heavy atom. The largest absolute Gasteiger partial charge is 0.357 e. The molecule has 1 aliphatic rings. The summed E-state index contributed by atoms with van der Waals surface area (Å²) in [4.78, 5) is 13.3. The van der Waals surface area contributed by atoms with Gasteiger partial charge in [0.1, 0.15) is 11.6 Å². The van der Waals surface area contributed by atoms with E-state index < -0.39 is 17.7 Å². The van der Waals surface area contributed by atoms with E-state index in [4.69, 9.17) is 0 Å². The van der Waals surface area contributed by atoms with Crippen molar-refractivity contribution in [2.24, 2.45) is 4.99 Å². The monoisotopic (exact) mass is 444 g/mol. The first-order valence-electron chi connectivity index (χ1n) is 11.2. The molecular formula is C24H34F2N6. The van der Waals surface area contributed by atoms with E-state index in [1.165, 1.54) is 18.2 Å². The molecule has 3 rings (SSSR count). The third-order valence-electron chi connectivity index (χ3n) is 5.76. The maximum absolute atomic E-state index is 14.3. The first-order valence-corrected chi connectivity index (χ1v) is 11.2. The second kappa shape index (κ2) is 11.9. The van der Waals surface area contributed by atoms with Crippen LogP contribution in [0.3, 0.4) is 0 Å². The lowest BCUT2D eigenvalue weighted by Gasteiger charge is -2.33. The van der Waals surface area contributed by atoms with E-state index in [-0.39, 0.29) is 12.1 Å². The van der Waals surface area contributed by atoms with E-state index in [9.17, 15) is 8.78 Å². The molecule has 0 bridgehead atoms. The van der Waals surface area contributed by atoms with Crippen LogP contribution in [0.2, 0.25) is 0 Å². The summed E-state index contributed by atoms with van der Waals surface area (Å²) in [5.41, 5.74) is 1.14. The lowest BCUT2D eigenvalue weighted by atomic mass is 10.0. The smallest absolute Gasteiger partial charge is 0.191 e. The number of benzene rings is 1. The Labute approximate surface area is 189 Å². The maximum Gasteiger partial charge on any atom is 0.191 e. The van der Waals surface area contributed by atoms with Crippen LogP contribution in [0.4, 0.5) is 8.78 Å². The lowest BCUT2D eigenvalue weighted by Crippen LogP contribution is -2.48. The van der Waals surface area contributed by atoms with Crippen molar-refractivity contribution in [3.63, 3.8) is 0 Å². The quantitative estimate of drug-likeness (QED) is 0.484. The molecule has 32 heavy (non-hydrogen) atoms. The molecule has 0 aliphatic carbocycles. The molecule has 1 fully saturated rings. The van der Waals surface area contributed by atoms with Gasteiger partial charge in [-0.1, -0.05) is 12.1 Å². The molecule has 0 radical (unpaired) electrons. The molecule has 0 amide bonds. The van der Waals surface area contributed by atoms with Crippen LogP contribution in [-0.2, 0) is 6.54 Å². The van der Waals surface area contributed by atoms with Crippen LogP contribution in [0, 0.1) is 11.6 Å². The molecule has 2 N–H and O–H groups in total. The van der Waals surface area contributed by atoms with E-state index in [0.717, 1.165) is 38.2 Å². The van der Waals surface area contributed by atoms with Crippen LogP contribution in [0.15, 0.2) is 47.6 Å². The van der Waals surface area contributed by atoms with E-state index in [0.29, 0.717) is 18.5 Å². The highest BCUT2D eigenvalue weighted by molar-refractivity contribution is 5.80. The highest BCUT2D eigenvalue weighted by Crippen LogP contribution is 2.24. The molecule has 0 saturated carbocycles. The van der Waals surface area contributed by atoms with E-state index in [2.05, 4.69) is 31.6 Å². The normalized spacial score (nSPS) is 16.9. The average Bonchev–Trinajstić information content (AvgIpc) is 2.77. The van der Waals surface area contributed by atoms with E-state index in [1.54, 1.807) is 4.90 Å². The van der Waals surface area contributed by atoms with Crippen LogP contribution in [0.25, 0.3) is 0 Å². The van der Waals surface area contributed by atoms with E-state index in [1.807, 2.05) is 39.3 Å². The summed E-state index contributed by atoms with van der Waals surface area (Å²) in [6, 6.07) is 9.78. The summed E-state index contributed by atoms with van der Waals surface area (Å²) in [5, 5.41) is 6.77. The number of likely N-dealkylation sites (N-methyl/N-ethyl adjacent to an activating group) is 1. The fourth-order valence-corrected chi connectivity index (χ4v) is 3.99. The highest BCUT2D eigenvalue weighted by atomic mass is 19.1. The van der Waals surface area contributed by atoms with Gasteiger partial charge in [0.15, 0.2) is 5.96 Å². The minimum Gasteiger partial charge on any atom is -0.357 e. The standard InChI is InChI=1S/C24H34F2N6/c1-4-27-24(29-16-22(31(2)3)23-20(25)9-7-10-21(23)26)30-18-11-14-32(15-12-18)17-19-8-5-6-13-28-19/h5-10,13,18,22H,4,11-12,14-17H2,1-3H3,(H2,27,29,30). The van der Waals surface area contributed by atoms with Crippen molar-refractivity contribution < 1.29 is 8.78 Å². The number of halogens is 2. The number of rotatable bonds is 8. The molecule has 8 heteroatoms. The number of hydrogen-bond acceptors (Lipinski definition) is 4. The van der Waals surface area contributed by atoms with Gasteiger partial charge < -0.3 is 15.5 Å². The van der Waals surface area contributed by atoms with Gasteiger partial charge in [-0.25, -0.2) is 8.78 Å². The van der Waals surface area contributed by atoms with Crippen LogP contribution in [0.5, 0.6) is 0 Å². The number of nitrogens with one attached hydrogen (secondary N) is 2. The second-order valence-corrected chi connectivity index (χ2v) is 8.35. The summed E-state index contributed by atoms with van der Waals surface area (Å²) >= 11 is 0. The first-order chi connectivity index (χ1) is 15.5. The molecule has 6 nitrogen and oxygen atoms in total. The molecular weight excluding hydrogens is 410 g/mol. The number of aromatic nitrogens is 1. The van der Waals surface area contributed by atoms with Crippen molar-refractivity contribution in [1.29, 1.82) is 0 Å². The van der Waals surface area contributed by atoms with Gasteiger partial charge in [0.25, 0.3) is 0 Å². The van der Waals surface area contributed by atoms with Crippen molar-refractivity contribution >= 4 is 5.96 Å². The van der Waals surface area contributed by atoms with Crippen LogP contribution in [0.1, 0.15) is 37.1 Å². The lowest BCUT2D eigenvalue weighted by molar-refractivity contribution is 0.196. The zero-order valence-electron chi connectivity index (χ0n) is 19.2. The Bertz CT molecular complexity index is 846. The van der Waals surface area contributed by atoms with Gasteiger partial charge in [0.2, 0.25) is 0 Å². The highest BCUT2D eigenvalue weighted by Gasteiger charge is 2.23. The van der Waals surface area contributed by atoms with Crippen LogP contribution >= 0.6 is 0 Å². The van der Waals surface area contributed by atoms with Gasteiger partial charge in [-0.15, -0.1) is 0 Å². The zero-order chi connectivity index (χ0) is 22.9. The number of pyridine rings is 1. The molecule has 1 aromatic carbocycles. The van der Waals surface area contributed by atoms with Crippen molar-refractivity contribution in [2.75, 3.05) is 40.3 Å². The molecule has 2 aromatic rings. The SMILES string of the molecule is CCNC(=NCC(c1c(F)cccc1F)N(C)C)NC1CCN(Cc2ccccn2)CC1. The Hall–Kier alpha value is -2.58. The Kier molecular flexibility index (Phi) is 8.93. The predicted molar refractivity (Wildman–Crippen MR) is 124 cm³/mol. The van der Waals surface area contributed by atoms with Crippen molar-refractivity contribution in [1.82, 2.24) is 25.4 Å². The van der Waals surface area contributed by atoms with Gasteiger partial charge in [0.05, 0.1) is 18.3 Å². The molecule has 1 aromatic heterocycles. The molecule has 1 aliphatic heterocycles. The molecule has 174 valence electrons. The Morgan fingerprint density at radius 2 is 1.88 bits per heavy atom. The number of aliphatic imine (C=N–C) groups is 1. The number of piperidine rings is 1. The van der Waals surface area contributed by atoms with Gasteiger partial charge in [-0.05, 0) is 58.1 Å². The van der Waals surface area contributed by atoms with Crippen molar-refractivity contribution in [3.05, 3.63) is 65.5 Å². The van der Waals surface area contributed by atoms with Crippen molar-refractivity contribution in [2.45, 2.75) is 38.4 Å². The molecule has 1 unspecified atom stereocenters. The Morgan fingerprint density at radius 1 is 1.16 bits per heavy atom. The van der Waals surface area contributed by atoms with Gasteiger partial charge in [0, 0.05) is 44.0 Å². The summed E-state index contributed by atoms with van der Waals surface area (Å²) < 4.78 is 28.7. The fraction of sp³-hybridized carbons (Fsp3) is 0.500. The molecule has 2 heterocycles. The Balaban J connectivity index is 1.60. The minimum absolute atomic E-state index is 0.0555. The van der Waals surface area contributed by atoms with Crippen LogP contribution in [-0.4, -0.2) is 67.1 Å². The molecule has 1 saturated heterocycles. The average molecular weight is 445 g/mol. The summed E-state index contributed by atoms with van der Waals surface area (Å²) in [7, 11) is 3.62. The number of nitrogens with zero attached hydrogens (tertiary/aromatic N) is 4. The number of hydrogen-bond donors (Lipinski definition) is 2. The van der Waals surface area contributed by atoms with Gasteiger partial charge in [-0.3, -0.25) is 14.9 Å². The summed E-state index contributed by atoms with van der Waals surface area (Å²) in [5.74, 6) is -0.409. The van der Waals surface area contributed by atoms with Crippen molar-refractivity contribution in [3.8, 4) is 0 Å². The third-order valence-corrected chi connectivity index (χ3v) is 5.76. The predicted octanol–water partition coefficient (Wildman–Crippen LogP) is 3.18. The van der Waals surface area contributed by atoms with Gasteiger partial charge >= 0.3 is 0 Å².